The quantitative estimate of drug-likeness (QED) is 0.853. The van der Waals surface area contributed by atoms with Gasteiger partial charge in [-0.05, 0) is 38.5 Å². The van der Waals surface area contributed by atoms with Crippen LogP contribution in [0.5, 0.6) is 0 Å². The molecule has 4 nitrogen and oxygen atoms in total. The lowest BCUT2D eigenvalue weighted by Crippen LogP contribution is -2.34. The van der Waals surface area contributed by atoms with E-state index < -0.39 is 11.7 Å². The van der Waals surface area contributed by atoms with Gasteiger partial charge in [0.25, 0.3) is 5.91 Å². The van der Waals surface area contributed by atoms with Gasteiger partial charge in [0.05, 0.1) is 5.56 Å². The summed E-state index contributed by atoms with van der Waals surface area (Å²) >= 11 is 0. The van der Waals surface area contributed by atoms with Crippen molar-refractivity contribution in [2.75, 3.05) is 6.54 Å². The van der Waals surface area contributed by atoms with E-state index in [1.165, 1.54) is 12.1 Å². The highest BCUT2D eigenvalue weighted by Gasteiger charge is 2.11. The van der Waals surface area contributed by atoms with Gasteiger partial charge in [0, 0.05) is 19.0 Å². The Labute approximate surface area is 112 Å². The van der Waals surface area contributed by atoms with Crippen LogP contribution in [-0.4, -0.2) is 24.4 Å². The molecule has 1 aromatic rings. The molecule has 0 saturated carbocycles. The number of halogens is 1. The molecule has 19 heavy (non-hydrogen) atoms. The Morgan fingerprint density at radius 1 is 1.32 bits per heavy atom. The summed E-state index contributed by atoms with van der Waals surface area (Å²) in [5, 5.41) is 5.23. The van der Waals surface area contributed by atoms with E-state index in [9.17, 15) is 14.0 Å². The van der Waals surface area contributed by atoms with E-state index in [2.05, 4.69) is 10.6 Å². The van der Waals surface area contributed by atoms with Crippen molar-refractivity contribution in [3.05, 3.63) is 35.1 Å². The average Bonchev–Trinajstić information content (AvgIpc) is 2.27. The maximum absolute atomic E-state index is 13.5. The van der Waals surface area contributed by atoms with E-state index in [-0.39, 0.29) is 30.5 Å². The first-order valence-electron chi connectivity index (χ1n) is 6.24. The van der Waals surface area contributed by atoms with Crippen molar-refractivity contribution in [1.29, 1.82) is 0 Å². The van der Waals surface area contributed by atoms with Crippen molar-refractivity contribution in [3.8, 4) is 0 Å². The van der Waals surface area contributed by atoms with Gasteiger partial charge in [0.2, 0.25) is 5.91 Å². The minimum Gasteiger partial charge on any atom is -0.354 e. The Balaban J connectivity index is 2.45. The first-order valence-corrected chi connectivity index (χ1v) is 6.24. The van der Waals surface area contributed by atoms with Gasteiger partial charge in [-0.15, -0.1) is 0 Å². The van der Waals surface area contributed by atoms with Gasteiger partial charge in [-0.25, -0.2) is 4.39 Å². The molecule has 0 atom stereocenters. The number of nitrogens with one attached hydrogen (secondary N) is 2. The maximum Gasteiger partial charge on any atom is 0.254 e. The van der Waals surface area contributed by atoms with Gasteiger partial charge >= 0.3 is 0 Å². The summed E-state index contributed by atoms with van der Waals surface area (Å²) < 4.78 is 13.5. The summed E-state index contributed by atoms with van der Waals surface area (Å²) in [6.07, 6.45) is 0.178. The number of aryl methyl sites for hydroxylation is 1. The predicted molar refractivity (Wildman–Crippen MR) is 71.4 cm³/mol. The fourth-order valence-corrected chi connectivity index (χ4v) is 1.58. The second-order valence-electron chi connectivity index (χ2n) is 4.71. The predicted octanol–water partition coefficient (Wildman–Crippen LogP) is 1.78. The van der Waals surface area contributed by atoms with Crippen LogP contribution < -0.4 is 10.6 Å². The summed E-state index contributed by atoms with van der Waals surface area (Å²) in [6, 6.07) is 4.48. The van der Waals surface area contributed by atoms with Crippen molar-refractivity contribution in [2.24, 2.45) is 0 Å². The Bertz CT molecular complexity index is 473. The SMILES string of the molecule is Cc1ccc(C(=O)NCCC(=O)NC(C)C)c(F)c1. The number of carbonyl (C=O) groups is 2. The smallest absolute Gasteiger partial charge is 0.254 e. The third kappa shape index (κ3) is 5.07. The molecule has 0 radical (unpaired) electrons. The van der Waals surface area contributed by atoms with Crippen molar-refractivity contribution in [1.82, 2.24) is 10.6 Å². The molecule has 0 fully saturated rings. The fraction of sp³-hybridized carbons (Fsp3) is 0.429. The number of amides is 2. The standard InChI is InChI=1S/C14H19FN2O2/c1-9(2)17-13(18)6-7-16-14(19)11-5-4-10(3)8-12(11)15/h4-5,8-9H,6-7H2,1-3H3,(H,16,19)(H,17,18). The molecular formula is C14H19FN2O2. The highest BCUT2D eigenvalue weighted by molar-refractivity contribution is 5.94. The average molecular weight is 266 g/mol. The van der Waals surface area contributed by atoms with Gasteiger partial charge in [0.1, 0.15) is 5.82 Å². The van der Waals surface area contributed by atoms with E-state index in [0.29, 0.717) is 0 Å². The molecular weight excluding hydrogens is 247 g/mol. The van der Waals surface area contributed by atoms with Gasteiger partial charge in [-0.2, -0.15) is 0 Å². The maximum atomic E-state index is 13.5. The normalized spacial score (nSPS) is 10.4. The highest BCUT2D eigenvalue weighted by atomic mass is 19.1. The molecule has 1 rings (SSSR count). The van der Waals surface area contributed by atoms with Gasteiger partial charge in [-0.3, -0.25) is 9.59 Å². The van der Waals surface area contributed by atoms with Gasteiger partial charge in [-0.1, -0.05) is 6.07 Å². The molecule has 0 aromatic heterocycles. The zero-order valence-corrected chi connectivity index (χ0v) is 11.4. The lowest BCUT2D eigenvalue weighted by Gasteiger charge is -2.09. The molecule has 0 unspecified atom stereocenters. The van der Waals surface area contributed by atoms with Crippen molar-refractivity contribution >= 4 is 11.8 Å². The summed E-state index contributed by atoms with van der Waals surface area (Å²) in [7, 11) is 0. The first kappa shape index (κ1) is 15.1. The lowest BCUT2D eigenvalue weighted by atomic mass is 10.1. The van der Waals surface area contributed by atoms with E-state index in [4.69, 9.17) is 0 Å². The Morgan fingerprint density at radius 2 is 2.00 bits per heavy atom. The molecule has 2 amide bonds. The lowest BCUT2D eigenvalue weighted by molar-refractivity contribution is -0.121. The second kappa shape index (κ2) is 6.87. The van der Waals surface area contributed by atoms with Gasteiger partial charge in [0.15, 0.2) is 0 Å². The van der Waals surface area contributed by atoms with E-state index in [1.54, 1.807) is 13.0 Å². The zero-order chi connectivity index (χ0) is 14.4. The molecule has 0 saturated heterocycles. The third-order valence-corrected chi connectivity index (χ3v) is 2.46. The van der Waals surface area contributed by atoms with Crippen molar-refractivity contribution in [2.45, 2.75) is 33.2 Å². The molecule has 0 bridgehead atoms. The molecule has 2 N–H and O–H groups in total. The summed E-state index contributed by atoms with van der Waals surface area (Å²) in [5.41, 5.74) is 0.750. The van der Waals surface area contributed by atoms with Crippen LogP contribution in [0.4, 0.5) is 4.39 Å². The Kier molecular flexibility index (Phi) is 5.48. The van der Waals surface area contributed by atoms with Crippen LogP contribution in [0.25, 0.3) is 0 Å². The monoisotopic (exact) mass is 266 g/mol. The molecule has 0 aliphatic rings. The number of rotatable bonds is 5. The molecule has 104 valence electrons. The minimum atomic E-state index is -0.552. The molecule has 0 aliphatic heterocycles. The number of carbonyl (C=O) groups excluding carboxylic acids is 2. The zero-order valence-electron chi connectivity index (χ0n) is 11.4. The largest absolute Gasteiger partial charge is 0.354 e. The third-order valence-electron chi connectivity index (χ3n) is 2.46. The second-order valence-corrected chi connectivity index (χ2v) is 4.71. The minimum absolute atomic E-state index is 0.00475. The summed E-state index contributed by atoms with van der Waals surface area (Å²) in [6.45, 7) is 5.65. The van der Waals surface area contributed by atoms with E-state index >= 15 is 0 Å². The van der Waals surface area contributed by atoms with Crippen molar-refractivity contribution in [3.63, 3.8) is 0 Å². The summed E-state index contributed by atoms with van der Waals surface area (Å²) in [4.78, 5) is 23.0. The Morgan fingerprint density at radius 3 is 2.58 bits per heavy atom. The van der Waals surface area contributed by atoms with Crippen molar-refractivity contribution < 1.29 is 14.0 Å². The van der Waals surface area contributed by atoms with Crippen LogP contribution in [0.15, 0.2) is 18.2 Å². The van der Waals surface area contributed by atoms with E-state index in [0.717, 1.165) is 5.56 Å². The highest BCUT2D eigenvalue weighted by Crippen LogP contribution is 2.09. The van der Waals surface area contributed by atoms with Crippen LogP contribution >= 0.6 is 0 Å². The fourth-order valence-electron chi connectivity index (χ4n) is 1.58. The molecule has 0 aliphatic carbocycles. The van der Waals surface area contributed by atoms with E-state index in [1.807, 2.05) is 13.8 Å². The van der Waals surface area contributed by atoms with Crippen LogP contribution in [0, 0.1) is 12.7 Å². The molecule has 5 heteroatoms. The summed E-state index contributed by atoms with van der Waals surface area (Å²) in [5.74, 6) is -1.20. The van der Waals surface area contributed by atoms with Crippen LogP contribution in [0.3, 0.4) is 0 Å². The van der Waals surface area contributed by atoms with Crippen LogP contribution in [-0.2, 0) is 4.79 Å². The topological polar surface area (TPSA) is 58.2 Å². The van der Waals surface area contributed by atoms with Crippen LogP contribution in [0.2, 0.25) is 0 Å². The number of hydrogen-bond donors (Lipinski definition) is 2. The Hall–Kier alpha value is -1.91. The molecule has 0 heterocycles. The molecule has 1 aromatic carbocycles. The number of hydrogen-bond acceptors (Lipinski definition) is 2. The van der Waals surface area contributed by atoms with Crippen LogP contribution in [0.1, 0.15) is 36.2 Å². The first-order chi connectivity index (χ1) is 8.90. The van der Waals surface area contributed by atoms with Gasteiger partial charge < -0.3 is 10.6 Å². The molecule has 0 spiro atoms. The number of benzene rings is 1.